The second-order valence-corrected chi connectivity index (χ2v) is 5.75. The number of piperazine rings is 1. The summed E-state index contributed by atoms with van der Waals surface area (Å²) in [5.41, 5.74) is 1.30. The van der Waals surface area contributed by atoms with Crippen LogP contribution in [0.2, 0.25) is 0 Å². The number of aryl methyl sites for hydroxylation is 1. The summed E-state index contributed by atoms with van der Waals surface area (Å²) >= 11 is 0. The van der Waals surface area contributed by atoms with Crippen molar-refractivity contribution >= 4 is 0 Å². The molecular weight excluding hydrogens is 280 g/mol. The van der Waals surface area contributed by atoms with Gasteiger partial charge in [0.05, 0.1) is 0 Å². The normalized spacial score (nSPS) is 19.3. The average Bonchev–Trinajstić information content (AvgIpc) is 2.92. The molecule has 0 aliphatic carbocycles. The van der Waals surface area contributed by atoms with Gasteiger partial charge in [-0.3, -0.25) is 4.90 Å². The summed E-state index contributed by atoms with van der Waals surface area (Å²) < 4.78 is 10.6. The van der Waals surface area contributed by atoms with Gasteiger partial charge in [0.2, 0.25) is 11.7 Å². The first-order valence-corrected chi connectivity index (χ1v) is 7.66. The molecule has 1 saturated heterocycles. The van der Waals surface area contributed by atoms with Gasteiger partial charge in [-0.25, -0.2) is 0 Å². The lowest BCUT2D eigenvalue weighted by atomic mass is 10.1. The van der Waals surface area contributed by atoms with Crippen molar-refractivity contribution in [3.63, 3.8) is 0 Å². The van der Waals surface area contributed by atoms with Gasteiger partial charge in [-0.2, -0.15) is 4.98 Å². The minimum atomic E-state index is 0.325. The molecule has 0 unspecified atom stereocenters. The molecule has 3 rings (SSSR count). The predicted octanol–water partition coefficient (Wildman–Crippen LogP) is 1.75. The Hall–Kier alpha value is -1.92. The van der Waals surface area contributed by atoms with Crippen LogP contribution in [-0.4, -0.2) is 40.7 Å². The van der Waals surface area contributed by atoms with Crippen LogP contribution >= 0.6 is 0 Å². The number of aromatic nitrogens is 2. The molecule has 2 heterocycles. The topological polar surface area (TPSA) is 63.4 Å². The van der Waals surface area contributed by atoms with Crippen LogP contribution in [0.25, 0.3) is 0 Å². The highest BCUT2D eigenvalue weighted by Gasteiger charge is 2.15. The number of nitrogens with zero attached hydrogens (tertiary/aromatic N) is 3. The van der Waals surface area contributed by atoms with Crippen molar-refractivity contribution in [2.45, 2.75) is 33.0 Å². The van der Waals surface area contributed by atoms with Gasteiger partial charge in [-0.05, 0) is 24.6 Å². The second kappa shape index (κ2) is 6.89. The smallest absolute Gasteiger partial charge is 0.223 e. The van der Waals surface area contributed by atoms with E-state index in [1.807, 2.05) is 12.1 Å². The summed E-state index contributed by atoms with van der Waals surface area (Å²) in [6.07, 6.45) is 0. The first kappa shape index (κ1) is 15.0. The first-order chi connectivity index (χ1) is 10.7. The van der Waals surface area contributed by atoms with Crippen LogP contribution in [0.1, 0.15) is 24.2 Å². The zero-order chi connectivity index (χ0) is 15.4. The lowest BCUT2D eigenvalue weighted by Gasteiger charge is -2.31. The van der Waals surface area contributed by atoms with Gasteiger partial charge in [0.15, 0.2) is 6.61 Å². The van der Waals surface area contributed by atoms with E-state index in [4.69, 9.17) is 9.26 Å². The van der Waals surface area contributed by atoms with Crippen LogP contribution in [0.5, 0.6) is 5.75 Å². The molecule has 1 fully saturated rings. The van der Waals surface area contributed by atoms with Gasteiger partial charge in [-0.15, -0.1) is 0 Å². The lowest BCUT2D eigenvalue weighted by Crippen LogP contribution is -2.48. The molecule has 0 bridgehead atoms. The summed E-state index contributed by atoms with van der Waals surface area (Å²) in [7, 11) is 0. The Labute approximate surface area is 130 Å². The van der Waals surface area contributed by atoms with Crippen molar-refractivity contribution in [2.24, 2.45) is 0 Å². The van der Waals surface area contributed by atoms with Crippen LogP contribution in [0.3, 0.4) is 0 Å². The lowest BCUT2D eigenvalue weighted by molar-refractivity contribution is 0.199. The van der Waals surface area contributed by atoms with Crippen LogP contribution in [0, 0.1) is 6.92 Å². The summed E-state index contributed by atoms with van der Waals surface area (Å²) in [6.45, 7) is 8.55. The van der Waals surface area contributed by atoms with E-state index < -0.39 is 0 Å². The molecular formula is C16H22N4O2. The van der Waals surface area contributed by atoms with E-state index in [0.29, 0.717) is 24.4 Å². The summed E-state index contributed by atoms with van der Waals surface area (Å²) in [6, 6.07) is 8.78. The second-order valence-electron chi connectivity index (χ2n) is 5.75. The molecule has 0 radical (unpaired) electrons. The quantitative estimate of drug-likeness (QED) is 0.908. The van der Waals surface area contributed by atoms with Crippen molar-refractivity contribution in [2.75, 3.05) is 19.6 Å². The van der Waals surface area contributed by atoms with Crippen LogP contribution in [-0.2, 0) is 13.2 Å². The molecule has 1 aliphatic heterocycles. The van der Waals surface area contributed by atoms with Gasteiger partial charge in [0, 0.05) is 39.1 Å². The molecule has 1 atom stereocenters. The third kappa shape index (κ3) is 4.05. The van der Waals surface area contributed by atoms with Gasteiger partial charge >= 0.3 is 0 Å². The van der Waals surface area contributed by atoms with Crippen LogP contribution in [0.15, 0.2) is 28.8 Å². The van der Waals surface area contributed by atoms with Gasteiger partial charge in [0.1, 0.15) is 5.75 Å². The Morgan fingerprint density at radius 3 is 2.86 bits per heavy atom. The molecule has 0 spiro atoms. The first-order valence-electron chi connectivity index (χ1n) is 7.66. The SMILES string of the molecule is Cc1nc(COc2ccc(CN3CCN[C@H](C)C3)cc2)no1. The number of nitrogens with one attached hydrogen (secondary N) is 1. The molecule has 118 valence electrons. The molecule has 2 aromatic rings. The van der Waals surface area contributed by atoms with E-state index in [1.165, 1.54) is 5.56 Å². The summed E-state index contributed by atoms with van der Waals surface area (Å²) in [5, 5.41) is 7.27. The fourth-order valence-corrected chi connectivity index (χ4v) is 2.65. The highest BCUT2D eigenvalue weighted by atomic mass is 16.5. The van der Waals surface area contributed by atoms with Gasteiger partial charge < -0.3 is 14.6 Å². The molecule has 6 heteroatoms. The van der Waals surface area contributed by atoms with Crippen molar-refractivity contribution < 1.29 is 9.26 Å². The molecule has 1 aromatic carbocycles. The Bertz CT molecular complexity index is 596. The monoisotopic (exact) mass is 302 g/mol. The predicted molar refractivity (Wildman–Crippen MR) is 82.6 cm³/mol. The zero-order valence-corrected chi connectivity index (χ0v) is 13.1. The minimum Gasteiger partial charge on any atom is -0.485 e. The number of hydrogen-bond donors (Lipinski definition) is 1. The van der Waals surface area contributed by atoms with E-state index >= 15 is 0 Å². The summed E-state index contributed by atoms with van der Waals surface area (Å²) in [5.74, 6) is 1.94. The zero-order valence-electron chi connectivity index (χ0n) is 13.1. The molecule has 1 N–H and O–H groups in total. The molecule has 22 heavy (non-hydrogen) atoms. The fraction of sp³-hybridized carbons (Fsp3) is 0.500. The average molecular weight is 302 g/mol. The maximum Gasteiger partial charge on any atom is 0.223 e. The third-order valence-electron chi connectivity index (χ3n) is 3.72. The van der Waals surface area contributed by atoms with Crippen molar-refractivity contribution in [3.05, 3.63) is 41.5 Å². The molecule has 1 aliphatic rings. The third-order valence-corrected chi connectivity index (χ3v) is 3.72. The molecule has 0 amide bonds. The number of hydrogen-bond acceptors (Lipinski definition) is 6. The summed E-state index contributed by atoms with van der Waals surface area (Å²) in [4.78, 5) is 6.58. The largest absolute Gasteiger partial charge is 0.485 e. The molecule has 6 nitrogen and oxygen atoms in total. The number of ether oxygens (including phenoxy) is 1. The molecule has 1 aromatic heterocycles. The van der Waals surface area contributed by atoms with E-state index in [0.717, 1.165) is 31.9 Å². The highest BCUT2D eigenvalue weighted by molar-refractivity contribution is 5.27. The Morgan fingerprint density at radius 1 is 1.36 bits per heavy atom. The standard InChI is InChI=1S/C16H22N4O2/c1-12-9-20(8-7-17-12)10-14-3-5-15(6-4-14)21-11-16-18-13(2)22-19-16/h3-6,12,17H,7-11H2,1-2H3/t12-/m1/s1. The van der Waals surface area contributed by atoms with Crippen molar-refractivity contribution in [1.29, 1.82) is 0 Å². The fourth-order valence-electron chi connectivity index (χ4n) is 2.65. The van der Waals surface area contributed by atoms with E-state index in [9.17, 15) is 0 Å². The van der Waals surface area contributed by atoms with E-state index in [1.54, 1.807) is 6.92 Å². The van der Waals surface area contributed by atoms with Gasteiger partial charge in [-0.1, -0.05) is 17.3 Å². The minimum absolute atomic E-state index is 0.325. The maximum absolute atomic E-state index is 5.66. The van der Waals surface area contributed by atoms with Gasteiger partial charge in [0.25, 0.3) is 0 Å². The molecule has 0 saturated carbocycles. The van der Waals surface area contributed by atoms with Crippen LogP contribution in [0.4, 0.5) is 0 Å². The number of benzene rings is 1. The van der Waals surface area contributed by atoms with Crippen LogP contribution < -0.4 is 10.1 Å². The van der Waals surface area contributed by atoms with E-state index in [-0.39, 0.29) is 0 Å². The van der Waals surface area contributed by atoms with Crippen molar-refractivity contribution in [3.8, 4) is 5.75 Å². The Kier molecular flexibility index (Phi) is 4.70. The highest BCUT2D eigenvalue weighted by Crippen LogP contribution is 2.15. The van der Waals surface area contributed by atoms with Crippen molar-refractivity contribution in [1.82, 2.24) is 20.4 Å². The Balaban J connectivity index is 1.51. The number of rotatable bonds is 5. The Morgan fingerprint density at radius 2 is 2.18 bits per heavy atom. The van der Waals surface area contributed by atoms with E-state index in [2.05, 4.69) is 39.4 Å². The maximum atomic E-state index is 5.66.